The second kappa shape index (κ2) is 10.7. The summed E-state index contributed by atoms with van der Waals surface area (Å²) in [7, 11) is -1.66. The van der Waals surface area contributed by atoms with Gasteiger partial charge in [0.15, 0.2) is 0 Å². The lowest BCUT2D eigenvalue weighted by molar-refractivity contribution is 0.102. The van der Waals surface area contributed by atoms with Crippen molar-refractivity contribution in [1.82, 2.24) is 9.97 Å². The number of fused-ring (bicyclic) bond motifs is 1. The molecule has 8 nitrogen and oxygen atoms in total. The number of nitrogens with zero attached hydrogens (tertiary/aromatic N) is 3. The summed E-state index contributed by atoms with van der Waals surface area (Å²) in [6.45, 7) is 3.34. The fourth-order valence-corrected chi connectivity index (χ4v) is 5.95. The molecule has 0 radical (unpaired) electrons. The molecule has 4 atom stereocenters. The molecule has 3 unspecified atom stereocenters. The minimum atomic E-state index is -1.66. The summed E-state index contributed by atoms with van der Waals surface area (Å²) in [6.07, 6.45) is 3.95. The van der Waals surface area contributed by atoms with Crippen LogP contribution in [0.25, 0.3) is 11.3 Å². The molecule has 5 rings (SSSR count). The average molecular weight is 560 g/mol. The van der Waals surface area contributed by atoms with Gasteiger partial charge >= 0.3 is 0 Å². The summed E-state index contributed by atoms with van der Waals surface area (Å²) in [5.74, 6) is -3.76. The molecule has 1 aromatic carbocycles. The minimum absolute atomic E-state index is 0.0740. The van der Waals surface area contributed by atoms with Crippen LogP contribution in [0.5, 0.6) is 0 Å². The summed E-state index contributed by atoms with van der Waals surface area (Å²) in [5.41, 5.74) is 7.03. The second-order valence-corrected chi connectivity index (χ2v) is 11.5. The number of anilines is 2. The third kappa shape index (κ3) is 5.28. The van der Waals surface area contributed by atoms with Gasteiger partial charge in [0.25, 0.3) is 5.91 Å². The molecule has 1 fully saturated rings. The Kier molecular flexibility index (Phi) is 7.45. The molecule has 4 N–H and O–H groups in total. The van der Waals surface area contributed by atoms with Crippen molar-refractivity contribution in [3.8, 4) is 11.3 Å². The summed E-state index contributed by atoms with van der Waals surface area (Å²) >= 11 is 0. The average Bonchev–Trinajstić information content (AvgIpc) is 3.24. The molecule has 0 saturated carbocycles. The molecule has 39 heavy (non-hydrogen) atoms. The molecule has 0 bridgehead atoms. The van der Waals surface area contributed by atoms with Gasteiger partial charge in [-0.25, -0.2) is 18.2 Å². The van der Waals surface area contributed by atoms with Crippen LogP contribution in [0.2, 0.25) is 0 Å². The first-order chi connectivity index (χ1) is 18.5. The molecule has 3 heterocycles. The van der Waals surface area contributed by atoms with E-state index in [4.69, 9.17) is 5.73 Å². The first-order valence-electron chi connectivity index (χ1n) is 12.5. The van der Waals surface area contributed by atoms with Gasteiger partial charge in [-0.3, -0.25) is 14.0 Å². The molecule has 12 heteroatoms. The van der Waals surface area contributed by atoms with Crippen LogP contribution in [0.3, 0.4) is 0 Å². The zero-order valence-electron chi connectivity index (χ0n) is 21.4. The zero-order valence-corrected chi connectivity index (χ0v) is 22.2. The van der Waals surface area contributed by atoms with Crippen molar-refractivity contribution in [1.29, 1.82) is 0 Å². The van der Waals surface area contributed by atoms with Crippen molar-refractivity contribution in [2.24, 2.45) is 11.7 Å². The van der Waals surface area contributed by atoms with Gasteiger partial charge in [-0.05, 0) is 49.4 Å². The van der Waals surface area contributed by atoms with E-state index in [2.05, 4.69) is 27.1 Å². The van der Waals surface area contributed by atoms with Gasteiger partial charge in [0.05, 0.1) is 34.9 Å². The largest absolute Gasteiger partial charge is 0.387 e. The number of carbonyl (C=O) groups is 1. The number of hydrogen-bond acceptors (Lipinski definition) is 7. The minimum Gasteiger partial charge on any atom is -0.387 e. The highest BCUT2D eigenvalue weighted by atomic mass is 32.2. The van der Waals surface area contributed by atoms with Crippen molar-refractivity contribution in [2.45, 2.75) is 43.2 Å². The van der Waals surface area contributed by atoms with Crippen LogP contribution in [-0.2, 0) is 17.2 Å². The molecule has 1 aliphatic carbocycles. The van der Waals surface area contributed by atoms with Crippen molar-refractivity contribution < 1.29 is 27.3 Å². The van der Waals surface area contributed by atoms with Crippen molar-refractivity contribution in [2.75, 3.05) is 29.6 Å². The predicted molar refractivity (Wildman–Crippen MR) is 141 cm³/mol. The Hall–Kier alpha value is -3.35. The normalized spacial score (nSPS) is 21.5. The van der Waals surface area contributed by atoms with Crippen molar-refractivity contribution >= 4 is 28.1 Å². The fourth-order valence-electron chi connectivity index (χ4n) is 5.42. The Morgan fingerprint density at radius 1 is 1.18 bits per heavy atom. The predicted octanol–water partition coefficient (Wildman–Crippen LogP) is 3.70. The third-order valence-corrected chi connectivity index (χ3v) is 7.99. The van der Waals surface area contributed by atoms with E-state index in [0.717, 1.165) is 41.9 Å². The summed E-state index contributed by atoms with van der Waals surface area (Å²) in [6, 6.07) is 3.65. The summed E-state index contributed by atoms with van der Waals surface area (Å²) < 4.78 is 55.9. The number of aliphatic hydroxyl groups excluding tert-OH is 1. The quantitative estimate of drug-likeness (QED) is 0.436. The lowest BCUT2D eigenvalue weighted by Crippen LogP contribution is -2.47. The number of carbonyl (C=O) groups excluding carboxylic acids is 1. The fraction of sp³-hybridized carbons (Fsp3) is 0.370. The van der Waals surface area contributed by atoms with Crippen LogP contribution in [0, 0.1) is 23.4 Å². The van der Waals surface area contributed by atoms with Crippen LogP contribution >= 0.6 is 0 Å². The Bertz CT molecular complexity index is 1450. The summed E-state index contributed by atoms with van der Waals surface area (Å²) in [4.78, 5) is 23.6. The molecule has 2 aromatic heterocycles. The number of rotatable bonds is 5. The van der Waals surface area contributed by atoms with Crippen molar-refractivity contribution in [3.63, 3.8) is 0 Å². The monoisotopic (exact) mass is 559 g/mol. The summed E-state index contributed by atoms with van der Waals surface area (Å²) in [5, 5.41) is 13.2. The number of nitrogens with two attached hydrogens (primary N) is 1. The smallest absolute Gasteiger partial charge is 0.274 e. The standard InChI is InChI=1S/C27H28F3N5O3S/c1-13-7-14(31)12-35(11-13)26-16-3-6-22(36)24(16)32-10-21(26)34-27(37)20-5-4-17(28)25(33-20)23-18(29)8-15(39(2)38)9-19(23)30/h4-5,8-10,13-14,22,36H,3,6-7,11-12,31H2,1-2H3,(H,34,37)/t13-,14?,22?,39?/m1/s1. The van der Waals surface area contributed by atoms with E-state index in [1.54, 1.807) is 0 Å². The van der Waals surface area contributed by atoms with E-state index in [1.807, 2.05) is 0 Å². The SMILES string of the molecule is C[C@@H]1CC(N)CN(c2c(NC(=O)c3ccc(F)c(-c4c(F)cc(S(C)=O)cc4F)n3)cnc3c2CCC3O)C1. The van der Waals surface area contributed by atoms with Gasteiger partial charge in [0.2, 0.25) is 0 Å². The molecule has 0 spiro atoms. The zero-order chi connectivity index (χ0) is 28.0. The van der Waals surface area contributed by atoms with Crippen molar-refractivity contribution in [3.05, 3.63) is 64.9 Å². The van der Waals surface area contributed by atoms with Crippen LogP contribution in [0.1, 0.15) is 47.6 Å². The van der Waals surface area contributed by atoms with Crippen LogP contribution in [0.4, 0.5) is 24.5 Å². The highest BCUT2D eigenvalue weighted by Crippen LogP contribution is 2.41. The van der Waals surface area contributed by atoms with Gasteiger partial charge in [0, 0.05) is 46.6 Å². The number of aromatic nitrogens is 2. The molecular weight excluding hydrogens is 531 g/mol. The van der Waals surface area contributed by atoms with Crippen LogP contribution in [-0.4, -0.2) is 50.6 Å². The maximum absolute atomic E-state index is 14.8. The lowest BCUT2D eigenvalue weighted by atomic mass is 9.95. The number of piperidine rings is 1. The first kappa shape index (κ1) is 27.2. The second-order valence-electron chi connectivity index (χ2n) is 10.1. The van der Waals surface area contributed by atoms with Crippen LogP contribution < -0.4 is 16.0 Å². The number of amides is 1. The van der Waals surface area contributed by atoms with Gasteiger partial charge in [-0.2, -0.15) is 0 Å². The van der Waals surface area contributed by atoms with Gasteiger partial charge < -0.3 is 21.1 Å². The van der Waals surface area contributed by atoms with E-state index in [9.17, 15) is 27.3 Å². The molecule has 1 saturated heterocycles. The highest BCUT2D eigenvalue weighted by molar-refractivity contribution is 7.84. The van der Waals surface area contributed by atoms with E-state index in [1.165, 1.54) is 12.5 Å². The number of nitrogens with one attached hydrogen (secondary N) is 1. The van der Waals surface area contributed by atoms with E-state index in [0.29, 0.717) is 43.2 Å². The molecule has 3 aromatic rings. The van der Waals surface area contributed by atoms with E-state index >= 15 is 0 Å². The molecular formula is C27H28F3N5O3S. The molecule has 1 amide bonds. The Labute approximate surface area is 225 Å². The molecule has 206 valence electrons. The number of benzene rings is 1. The van der Waals surface area contributed by atoms with Gasteiger partial charge in [0.1, 0.15) is 28.8 Å². The molecule has 2 aliphatic rings. The Balaban J connectivity index is 1.52. The Morgan fingerprint density at radius 3 is 2.56 bits per heavy atom. The van der Waals surface area contributed by atoms with Crippen LogP contribution in [0.15, 0.2) is 35.4 Å². The van der Waals surface area contributed by atoms with E-state index < -0.39 is 51.5 Å². The Morgan fingerprint density at radius 2 is 1.90 bits per heavy atom. The van der Waals surface area contributed by atoms with Gasteiger partial charge in [-0.15, -0.1) is 0 Å². The molecule has 1 aliphatic heterocycles. The highest BCUT2D eigenvalue weighted by Gasteiger charge is 2.32. The van der Waals surface area contributed by atoms with Gasteiger partial charge in [-0.1, -0.05) is 6.92 Å². The maximum atomic E-state index is 14.8. The van der Waals surface area contributed by atoms with E-state index in [-0.39, 0.29) is 16.6 Å². The lowest BCUT2D eigenvalue weighted by Gasteiger charge is -2.38. The topological polar surface area (TPSA) is 121 Å². The third-order valence-electron chi connectivity index (χ3n) is 7.09. The number of hydrogen-bond donors (Lipinski definition) is 3. The number of pyridine rings is 2. The number of aliphatic hydroxyl groups is 1. The maximum Gasteiger partial charge on any atom is 0.274 e. The first-order valence-corrected chi connectivity index (χ1v) is 14.1. The number of halogens is 3.